The molecule has 0 aliphatic heterocycles. The molecule has 0 radical (unpaired) electrons. The lowest BCUT2D eigenvalue weighted by Crippen LogP contribution is -2.07. The molecule has 1 aromatic heterocycles. The molecule has 0 fully saturated rings. The van der Waals surface area contributed by atoms with E-state index >= 15 is 0 Å². The van der Waals surface area contributed by atoms with E-state index in [2.05, 4.69) is 4.98 Å². The molecule has 110 valence electrons. The third-order valence-corrected chi connectivity index (χ3v) is 3.03. The maximum atomic E-state index is 12.0. The predicted octanol–water partition coefficient (Wildman–Crippen LogP) is 2.99. The third kappa shape index (κ3) is 3.25. The van der Waals surface area contributed by atoms with Crippen molar-refractivity contribution in [1.82, 2.24) is 4.98 Å². The van der Waals surface area contributed by atoms with Crippen molar-refractivity contribution in [3.05, 3.63) is 47.3 Å². The van der Waals surface area contributed by atoms with Gasteiger partial charge in [0.2, 0.25) is 0 Å². The van der Waals surface area contributed by atoms with E-state index in [4.69, 9.17) is 14.2 Å². The van der Waals surface area contributed by atoms with E-state index in [1.165, 1.54) is 14.2 Å². The van der Waals surface area contributed by atoms with Gasteiger partial charge in [-0.05, 0) is 23.3 Å². The van der Waals surface area contributed by atoms with Gasteiger partial charge in [0.15, 0.2) is 0 Å². The number of H-pyrrole nitrogens is 1. The summed E-state index contributed by atoms with van der Waals surface area (Å²) in [4.78, 5) is 15.0. The van der Waals surface area contributed by atoms with Crippen molar-refractivity contribution in [2.45, 2.75) is 0 Å². The monoisotopic (exact) mass is 287 g/mol. The average Bonchev–Trinajstić information content (AvgIpc) is 3.04. The van der Waals surface area contributed by atoms with Crippen LogP contribution in [0.5, 0.6) is 11.5 Å². The number of aromatic nitrogens is 1. The summed E-state index contributed by atoms with van der Waals surface area (Å²) >= 11 is 0. The van der Waals surface area contributed by atoms with Gasteiger partial charge in [0.25, 0.3) is 0 Å². The van der Waals surface area contributed by atoms with Crippen molar-refractivity contribution >= 4 is 18.1 Å². The van der Waals surface area contributed by atoms with E-state index in [0.717, 1.165) is 5.56 Å². The second kappa shape index (κ2) is 6.65. The highest BCUT2D eigenvalue weighted by atomic mass is 16.5. The first-order chi connectivity index (χ1) is 10.2. The van der Waals surface area contributed by atoms with Crippen molar-refractivity contribution in [3.8, 4) is 11.5 Å². The number of nitrogens with one attached hydrogen (secondary N) is 1. The molecule has 5 heteroatoms. The Labute approximate surface area is 123 Å². The Kier molecular flexibility index (Phi) is 4.66. The maximum Gasteiger partial charge on any atom is 0.342 e. The van der Waals surface area contributed by atoms with Crippen LogP contribution < -0.4 is 9.47 Å². The molecule has 0 aliphatic rings. The van der Waals surface area contributed by atoms with Gasteiger partial charge in [-0.15, -0.1) is 0 Å². The maximum absolute atomic E-state index is 12.0. The fraction of sp³-hybridized carbons (Fsp3) is 0.188. The van der Waals surface area contributed by atoms with Gasteiger partial charge >= 0.3 is 5.97 Å². The van der Waals surface area contributed by atoms with Gasteiger partial charge in [-0.25, -0.2) is 4.79 Å². The van der Waals surface area contributed by atoms with E-state index in [1.807, 2.05) is 30.6 Å². The molecule has 1 heterocycles. The van der Waals surface area contributed by atoms with Crippen molar-refractivity contribution < 1.29 is 19.0 Å². The molecule has 2 rings (SSSR count). The topological polar surface area (TPSA) is 60.6 Å². The Bertz CT molecular complexity index is 645. The fourth-order valence-corrected chi connectivity index (χ4v) is 1.97. The van der Waals surface area contributed by atoms with Crippen LogP contribution in [0.25, 0.3) is 12.2 Å². The molecule has 5 nitrogen and oxygen atoms in total. The van der Waals surface area contributed by atoms with Gasteiger partial charge in [-0.3, -0.25) is 0 Å². The standard InChI is InChI=1S/C16H17NO4/c1-19-13-8-12(5-4-11-6-7-17-10-11)15(16(18)21-3)14(9-13)20-2/h4-10,17H,1-3H3/b5-4+. The highest BCUT2D eigenvalue weighted by Crippen LogP contribution is 2.30. The minimum absolute atomic E-state index is 0.368. The fourth-order valence-electron chi connectivity index (χ4n) is 1.97. The molecule has 0 spiro atoms. The van der Waals surface area contributed by atoms with Crippen LogP contribution >= 0.6 is 0 Å². The molecule has 21 heavy (non-hydrogen) atoms. The van der Waals surface area contributed by atoms with Gasteiger partial charge in [0.1, 0.15) is 17.1 Å². The van der Waals surface area contributed by atoms with Gasteiger partial charge < -0.3 is 19.2 Å². The summed E-state index contributed by atoms with van der Waals surface area (Å²) in [5.41, 5.74) is 2.03. The largest absolute Gasteiger partial charge is 0.497 e. The lowest BCUT2D eigenvalue weighted by Gasteiger charge is -2.12. The average molecular weight is 287 g/mol. The molecule has 0 saturated carbocycles. The van der Waals surface area contributed by atoms with Crippen LogP contribution in [0.3, 0.4) is 0 Å². The highest BCUT2D eigenvalue weighted by molar-refractivity contribution is 5.98. The van der Waals surface area contributed by atoms with Crippen LogP contribution in [-0.2, 0) is 4.74 Å². The first-order valence-electron chi connectivity index (χ1n) is 6.34. The molecule has 0 amide bonds. The zero-order chi connectivity index (χ0) is 15.2. The second-order valence-corrected chi connectivity index (χ2v) is 4.26. The molecule has 0 aliphatic carbocycles. The molecular formula is C16H17NO4. The summed E-state index contributed by atoms with van der Waals surface area (Å²) in [5.74, 6) is 0.561. The summed E-state index contributed by atoms with van der Waals surface area (Å²) in [6, 6.07) is 5.34. The van der Waals surface area contributed by atoms with Gasteiger partial charge in [0.05, 0.1) is 21.3 Å². The lowest BCUT2D eigenvalue weighted by molar-refractivity contribution is 0.0597. The van der Waals surface area contributed by atoms with Crippen molar-refractivity contribution in [2.75, 3.05) is 21.3 Å². The number of carbonyl (C=O) groups excluding carboxylic acids is 1. The minimum Gasteiger partial charge on any atom is -0.497 e. The van der Waals surface area contributed by atoms with E-state index in [9.17, 15) is 4.79 Å². The molecule has 1 N–H and O–H groups in total. The van der Waals surface area contributed by atoms with Crippen molar-refractivity contribution in [2.24, 2.45) is 0 Å². The first-order valence-corrected chi connectivity index (χ1v) is 6.34. The second-order valence-electron chi connectivity index (χ2n) is 4.26. The van der Waals surface area contributed by atoms with Crippen molar-refractivity contribution in [3.63, 3.8) is 0 Å². The first kappa shape index (κ1) is 14.7. The molecule has 0 saturated heterocycles. The quantitative estimate of drug-likeness (QED) is 0.859. The zero-order valence-corrected chi connectivity index (χ0v) is 12.2. The number of hydrogen-bond donors (Lipinski definition) is 1. The number of carbonyl (C=O) groups is 1. The number of rotatable bonds is 5. The Morgan fingerprint density at radius 1 is 1.14 bits per heavy atom. The number of aromatic amines is 1. The number of benzene rings is 1. The number of esters is 1. The smallest absolute Gasteiger partial charge is 0.342 e. The minimum atomic E-state index is -0.455. The van der Waals surface area contributed by atoms with E-state index in [-0.39, 0.29) is 0 Å². The summed E-state index contributed by atoms with van der Waals surface area (Å²) < 4.78 is 15.3. The van der Waals surface area contributed by atoms with Crippen molar-refractivity contribution in [1.29, 1.82) is 0 Å². The van der Waals surface area contributed by atoms with Gasteiger partial charge in [0, 0.05) is 18.5 Å². The van der Waals surface area contributed by atoms with Crippen LogP contribution in [0.4, 0.5) is 0 Å². The van der Waals surface area contributed by atoms with Crippen LogP contribution in [0, 0.1) is 0 Å². The summed E-state index contributed by atoms with van der Waals surface area (Å²) in [5, 5.41) is 0. The molecule has 1 aromatic carbocycles. The predicted molar refractivity (Wildman–Crippen MR) is 80.6 cm³/mol. The molecule has 2 aromatic rings. The normalized spacial score (nSPS) is 10.6. The van der Waals surface area contributed by atoms with Crippen LogP contribution in [0.15, 0.2) is 30.6 Å². The number of hydrogen-bond acceptors (Lipinski definition) is 4. The summed E-state index contributed by atoms with van der Waals surface area (Å²) in [6.45, 7) is 0. The zero-order valence-electron chi connectivity index (χ0n) is 12.2. The SMILES string of the molecule is COC(=O)c1c(/C=C/c2cc[nH]c2)cc(OC)cc1OC. The van der Waals surface area contributed by atoms with Crippen LogP contribution in [-0.4, -0.2) is 32.3 Å². The lowest BCUT2D eigenvalue weighted by atomic mass is 10.0. The highest BCUT2D eigenvalue weighted by Gasteiger charge is 2.18. The Morgan fingerprint density at radius 2 is 1.95 bits per heavy atom. The summed E-state index contributed by atoms with van der Waals surface area (Å²) in [7, 11) is 4.40. The Morgan fingerprint density at radius 3 is 2.52 bits per heavy atom. The Balaban J connectivity index is 2.52. The Hall–Kier alpha value is -2.69. The van der Waals surface area contributed by atoms with E-state index < -0.39 is 5.97 Å². The number of methoxy groups -OCH3 is 3. The van der Waals surface area contributed by atoms with E-state index in [0.29, 0.717) is 22.6 Å². The molecule has 0 atom stereocenters. The molecular weight excluding hydrogens is 270 g/mol. The number of ether oxygens (including phenoxy) is 3. The van der Waals surface area contributed by atoms with E-state index in [1.54, 1.807) is 19.2 Å². The molecule has 0 bridgehead atoms. The van der Waals surface area contributed by atoms with Crippen LogP contribution in [0.2, 0.25) is 0 Å². The summed E-state index contributed by atoms with van der Waals surface area (Å²) in [6.07, 6.45) is 7.39. The van der Waals surface area contributed by atoms with Crippen LogP contribution in [0.1, 0.15) is 21.5 Å². The molecule has 0 unspecified atom stereocenters. The van der Waals surface area contributed by atoms with Gasteiger partial charge in [-0.1, -0.05) is 12.2 Å². The van der Waals surface area contributed by atoms with Gasteiger partial charge in [-0.2, -0.15) is 0 Å². The third-order valence-electron chi connectivity index (χ3n) is 3.03.